The van der Waals surface area contributed by atoms with Gasteiger partial charge in [0.05, 0.1) is 12.5 Å². The molecule has 1 N–H and O–H groups in total. The van der Waals surface area contributed by atoms with Crippen LogP contribution in [0.3, 0.4) is 0 Å². The van der Waals surface area contributed by atoms with E-state index in [-0.39, 0.29) is 12.3 Å². The minimum absolute atomic E-state index is 0.0424. The van der Waals surface area contributed by atoms with Crippen LogP contribution >= 0.6 is 0 Å². The Balaban J connectivity index is 1.68. The molecular formula is C21H17NO5. The number of ether oxygens (including phenoxy) is 1. The smallest absolute Gasteiger partial charge is 0.355 e. The molecular weight excluding hydrogens is 346 g/mol. The van der Waals surface area contributed by atoms with Crippen molar-refractivity contribution in [2.24, 2.45) is 0 Å². The average Bonchev–Trinajstić information content (AvgIpc) is 3.39. The van der Waals surface area contributed by atoms with Gasteiger partial charge in [-0.15, -0.1) is 0 Å². The molecule has 136 valence electrons. The molecule has 3 rings (SSSR count). The summed E-state index contributed by atoms with van der Waals surface area (Å²) in [6, 6.07) is 16.1. The third kappa shape index (κ3) is 5.61. The van der Waals surface area contributed by atoms with Gasteiger partial charge in [0.15, 0.2) is 0 Å². The number of carbonyl (C=O) groups is 2. The fourth-order valence-electron chi connectivity index (χ4n) is 2.18. The highest BCUT2D eigenvalue weighted by atomic mass is 16.5. The summed E-state index contributed by atoms with van der Waals surface area (Å²) in [6.45, 7) is -0.0446. The number of carbonyl (C=O) groups excluding carboxylic acids is 2. The summed E-state index contributed by atoms with van der Waals surface area (Å²) in [5, 5.41) is 2.53. The number of benzene rings is 1. The van der Waals surface area contributed by atoms with Crippen LogP contribution in [-0.2, 0) is 20.9 Å². The molecule has 2 heterocycles. The summed E-state index contributed by atoms with van der Waals surface area (Å²) in [5.74, 6) is -0.265. The fraction of sp³-hybridized carbons (Fsp3) is 0.0476. The first-order chi connectivity index (χ1) is 13.2. The van der Waals surface area contributed by atoms with E-state index in [4.69, 9.17) is 13.6 Å². The van der Waals surface area contributed by atoms with Gasteiger partial charge >= 0.3 is 5.97 Å². The lowest BCUT2D eigenvalue weighted by Crippen LogP contribution is -2.27. The van der Waals surface area contributed by atoms with Crippen LogP contribution in [-0.4, -0.2) is 11.9 Å². The number of furan rings is 2. The molecule has 27 heavy (non-hydrogen) atoms. The van der Waals surface area contributed by atoms with Gasteiger partial charge in [-0.1, -0.05) is 30.3 Å². The third-order valence-electron chi connectivity index (χ3n) is 3.46. The van der Waals surface area contributed by atoms with Gasteiger partial charge in [-0.05, 0) is 35.9 Å². The number of nitrogens with one attached hydrogen (secondary N) is 1. The molecule has 1 amide bonds. The van der Waals surface area contributed by atoms with Crippen LogP contribution in [0.25, 0.3) is 12.2 Å². The van der Waals surface area contributed by atoms with Crippen LogP contribution in [0.2, 0.25) is 0 Å². The molecule has 0 aliphatic heterocycles. The summed E-state index contributed by atoms with van der Waals surface area (Å²) in [4.78, 5) is 24.6. The van der Waals surface area contributed by atoms with Crippen molar-refractivity contribution in [1.82, 2.24) is 5.32 Å². The maximum atomic E-state index is 12.4. The fourth-order valence-corrected chi connectivity index (χ4v) is 2.18. The van der Waals surface area contributed by atoms with E-state index >= 15 is 0 Å². The summed E-state index contributed by atoms with van der Waals surface area (Å²) < 4.78 is 15.5. The molecule has 2 aromatic heterocycles. The van der Waals surface area contributed by atoms with Crippen LogP contribution < -0.4 is 5.32 Å². The molecule has 0 saturated carbocycles. The molecule has 3 aromatic rings. The number of hydrogen-bond donors (Lipinski definition) is 1. The Bertz CT molecular complexity index is 922. The first kappa shape index (κ1) is 18.0. The Morgan fingerprint density at radius 2 is 1.74 bits per heavy atom. The molecule has 0 bridgehead atoms. The quantitative estimate of drug-likeness (QED) is 0.510. The van der Waals surface area contributed by atoms with Crippen molar-refractivity contribution >= 4 is 24.0 Å². The Kier molecular flexibility index (Phi) is 6.04. The molecule has 0 spiro atoms. The van der Waals surface area contributed by atoms with Crippen LogP contribution in [0.1, 0.15) is 17.1 Å². The highest BCUT2D eigenvalue weighted by Gasteiger charge is 2.15. The van der Waals surface area contributed by atoms with Gasteiger partial charge in [-0.3, -0.25) is 4.79 Å². The summed E-state index contributed by atoms with van der Waals surface area (Å²) in [7, 11) is 0. The minimum atomic E-state index is -0.704. The molecule has 0 aliphatic rings. The van der Waals surface area contributed by atoms with Gasteiger partial charge in [-0.2, -0.15) is 0 Å². The van der Waals surface area contributed by atoms with E-state index in [2.05, 4.69) is 5.32 Å². The Labute approximate surface area is 155 Å². The SMILES string of the molecule is O=C(C=Cc1ccccc1)NC(=Cc1ccco1)C(=O)OCc1ccco1. The van der Waals surface area contributed by atoms with Gasteiger partial charge < -0.3 is 18.9 Å². The lowest BCUT2D eigenvalue weighted by atomic mass is 10.2. The summed E-state index contributed by atoms with van der Waals surface area (Å²) >= 11 is 0. The van der Waals surface area contributed by atoms with Crippen LogP contribution in [0.15, 0.2) is 87.7 Å². The molecule has 6 heteroatoms. The Morgan fingerprint density at radius 1 is 0.963 bits per heavy atom. The van der Waals surface area contributed by atoms with Gasteiger partial charge in [0.1, 0.15) is 23.8 Å². The second-order valence-electron chi connectivity index (χ2n) is 5.46. The third-order valence-corrected chi connectivity index (χ3v) is 3.46. The number of esters is 1. The minimum Gasteiger partial charge on any atom is -0.466 e. The molecule has 0 atom stereocenters. The average molecular weight is 363 g/mol. The molecule has 0 saturated heterocycles. The van der Waals surface area contributed by atoms with Gasteiger partial charge in [0.25, 0.3) is 0 Å². The highest BCUT2D eigenvalue weighted by Crippen LogP contribution is 2.10. The maximum Gasteiger partial charge on any atom is 0.355 e. The van der Waals surface area contributed by atoms with Crippen molar-refractivity contribution in [3.63, 3.8) is 0 Å². The normalized spacial score (nSPS) is 11.5. The summed E-state index contributed by atoms with van der Waals surface area (Å²) in [5.41, 5.74) is 0.823. The largest absolute Gasteiger partial charge is 0.466 e. The van der Waals surface area contributed by atoms with Gasteiger partial charge in [0.2, 0.25) is 5.91 Å². The van der Waals surface area contributed by atoms with Crippen LogP contribution in [0.4, 0.5) is 0 Å². The molecule has 6 nitrogen and oxygen atoms in total. The van der Waals surface area contributed by atoms with Crippen molar-refractivity contribution < 1.29 is 23.2 Å². The monoisotopic (exact) mass is 363 g/mol. The lowest BCUT2D eigenvalue weighted by molar-refractivity contribution is -0.141. The van der Waals surface area contributed by atoms with E-state index in [1.54, 1.807) is 30.3 Å². The highest BCUT2D eigenvalue weighted by molar-refractivity contribution is 6.01. The first-order valence-electron chi connectivity index (χ1n) is 8.19. The molecule has 0 aliphatic carbocycles. The lowest BCUT2D eigenvalue weighted by Gasteiger charge is -2.08. The van der Waals surface area contributed by atoms with E-state index in [1.807, 2.05) is 30.3 Å². The van der Waals surface area contributed by atoms with Crippen molar-refractivity contribution in [3.05, 3.63) is 96.0 Å². The number of hydrogen-bond acceptors (Lipinski definition) is 5. The van der Waals surface area contributed by atoms with Crippen molar-refractivity contribution in [2.75, 3.05) is 0 Å². The maximum absolute atomic E-state index is 12.4. The topological polar surface area (TPSA) is 81.7 Å². The molecule has 0 unspecified atom stereocenters. The zero-order chi connectivity index (χ0) is 18.9. The van der Waals surface area contributed by atoms with Gasteiger partial charge in [-0.25, -0.2) is 4.79 Å². The zero-order valence-corrected chi connectivity index (χ0v) is 14.3. The zero-order valence-electron chi connectivity index (χ0n) is 14.3. The van der Waals surface area contributed by atoms with Crippen molar-refractivity contribution in [1.29, 1.82) is 0 Å². The van der Waals surface area contributed by atoms with E-state index < -0.39 is 11.9 Å². The predicted molar refractivity (Wildman–Crippen MR) is 98.8 cm³/mol. The standard InChI is InChI=1S/C21H17NO5/c23-20(11-10-16-6-2-1-3-7-16)22-19(14-17-8-4-12-25-17)21(24)27-15-18-9-5-13-26-18/h1-14H,15H2,(H,22,23). The second kappa shape index (κ2) is 9.05. The molecule has 1 aromatic carbocycles. The first-order valence-corrected chi connectivity index (χ1v) is 8.19. The number of rotatable bonds is 7. The molecule has 0 fully saturated rings. The van der Waals surface area contributed by atoms with Crippen LogP contribution in [0, 0.1) is 0 Å². The molecule has 0 radical (unpaired) electrons. The predicted octanol–water partition coefficient (Wildman–Crippen LogP) is 3.79. The van der Waals surface area contributed by atoms with Crippen LogP contribution in [0.5, 0.6) is 0 Å². The van der Waals surface area contributed by atoms with E-state index in [9.17, 15) is 9.59 Å². The van der Waals surface area contributed by atoms with Crippen molar-refractivity contribution in [3.8, 4) is 0 Å². The van der Waals surface area contributed by atoms with E-state index in [0.717, 1.165) is 5.56 Å². The second-order valence-corrected chi connectivity index (χ2v) is 5.46. The van der Waals surface area contributed by atoms with Gasteiger partial charge in [0, 0.05) is 12.2 Å². The number of amides is 1. The Hall–Kier alpha value is -3.80. The van der Waals surface area contributed by atoms with E-state index in [0.29, 0.717) is 11.5 Å². The Morgan fingerprint density at radius 3 is 2.44 bits per heavy atom. The summed E-state index contributed by atoms with van der Waals surface area (Å²) in [6.07, 6.45) is 7.34. The van der Waals surface area contributed by atoms with E-state index in [1.165, 1.54) is 24.7 Å². The van der Waals surface area contributed by atoms with Crippen molar-refractivity contribution in [2.45, 2.75) is 6.61 Å².